The van der Waals surface area contributed by atoms with Crippen molar-refractivity contribution in [3.63, 3.8) is 0 Å². The Morgan fingerprint density at radius 3 is 2.52 bits per heavy atom. The van der Waals surface area contributed by atoms with Crippen LogP contribution in [0.2, 0.25) is 0 Å². The van der Waals surface area contributed by atoms with Crippen LogP contribution in [0.1, 0.15) is 22.7 Å². The third-order valence-corrected chi connectivity index (χ3v) is 4.10. The quantitative estimate of drug-likeness (QED) is 0.281. The van der Waals surface area contributed by atoms with E-state index in [2.05, 4.69) is 32.7 Å². The number of aliphatic imine (C=N–C) groups is 1. The number of guanidine groups is 1. The van der Waals surface area contributed by atoms with Gasteiger partial charge in [-0.05, 0) is 18.4 Å². The summed E-state index contributed by atoms with van der Waals surface area (Å²) in [6.07, 6.45) is -2.52. The van der Waals surface area contributed by atoms with E-state index in [1.165, 1.54) is 5.56 Å². The number of hydrogen-bond donors (Lipinski definition) is 2. The van der Waals surface area contributed by atoms with E-state index in [1.54, 1.807) is 7.05 Å². The lowest BCUT2D eigenvalue weighted by Crippen LogP contribution is -2.37. The third kappa shape index (κ3) is 7.59. The number of hydrogen-bond acceptors (Lipinski definition) is 3. The summed E-state index contributed by atoms with van der Waals surface area (Å²) in [6.45, 7) is 0.930. The summed E-state index contributed by atoms with van der Waals surface area (Å²) >= 11 is 0.978. The summed E-state index contributed by atoms with van der Waals surface area (Å²) in [5, 5.41) is 7.50. The average Bonchev–Trinajstić information content (AvgIpc) is 3.04. The maximum atomic E-state index is 12.5. The van der Waals surface area contributed by atoms with Crippen molar-refractivity contribution in [3.8, 4) is 0 Å². The lowest BCUT2D eigenvalue weighted by atomic mass is 10.1. The molecule has 0 aliphatic rings. The molecule has 2 N–H and O–H groups in total. The molecule has 0 unspecified atom stereocenters. The van der Waals surface area contributed by atoms with Gasteiger partial charge >= 0.3 is 6.18 Å². The van der Waals surface area contributed by atoms with Gasteiger partial charge in [0, 0.05) is 19.0 Å². The van der Waals surface area contributed by atoms with Gasteiger partial charge in [-0.2, -0.15) is 13.2 Å². The molecule has 0 amide bonds. The first-order valence-corrected chi connectivity index (χ1v) is 8.37. The predicted octanol–water partition coefficient (Wildman–Crippen LogP) is 4.08. The Morgan fingerprint density at radius 2 is 1.92 bits per heavy atom. The van der Waals surface area contributed by atoms with Crippen LogP contribution in [-0.4, -0.2) is 24.5 Å². The Bertz CT molecular complexity index is 659. The van der Waals surface area contributed by atoms with Crippen molar-refractivity contribution in [3.05, 3.63) is 52.0 Å². The van der Waals surface area contributed by atoms with Crippen molar-refractivity contribution in [1.82, 2.24) is 15.6 Å². The summed E-state index contributed by atoms with van der Waals surface area (Å²) in [5.41, 5.74) is 0.416. The Morgan fingerprint density at radius 1 is 1.20 bits per heavy atom. The number of aromatic nitrogens is 1. The van der Waals surface area contributed by atoms with Crippen LogP contribution >= 0.6 is 35.3 Å². The summed E-state index contributed by atoms with van der Waals surface area (Å²) in [5.74, 6) is 0.548. The second-order valence-corrected chi connectivity index (χ2v) is 6.01. The van der Waals surface area contributed by atoms with Crippen LogP contribution in [0.15, 0.2) is 40.7 Å². The summed E-state index contributed by atoms with van der Waals surface area (Å²) in [7, 11) is 1.62. The number of halogens is 4. The number of nitrogens with zero attached hydrogens (tertiary/aromatic N) is 2. The highest BCUT2D eigenvalue weighted by Gasteiger charge is 2.33. The van der Waals surface area contributed by atoms with E-state index in [4.69, 9.17) is 0 Å². The second-order valence-electron chi connectivity index (χ2n) is 5.07. The van der Waals surface area contributed by atoms with Crippen LogP contribution in [0.5, 0.6) is 0 Å². The first-order valence-electron chi connectivity index (χ1n) is 7.49. The highest BCUT2D eigenvalue weighted by Crippen LogP contribution is 2.29. The molecule has 0 aliphatic carbocycles. The Kier molecular flexibility index (Phi) is 9.19. The molecule has 1 aromatic heterocycles. The van der Waals surface area contributed by atoms with Crippen molar-refractivity contribution in [2.75, 3.05) is 13.6 Å². The van der Waals surface area contributed by atoms with Crippen molar-refractivity contribution in [2.45, 2.75) is 25.6 Å². The van der Waals surface area contributed by atoms with E-state index < -0.39 is 11.9 Å². The van der Waals surface area contributed by atoms with Gasteiger partial charge in [0.1, 0.15) is 5.01 Å². The number of aryl methyl sites for hydroxylation is 1. The summed E-state index contributed by atoms with van der Waals surface area (Å²) in [6, 6.07) is 10.1. The zero-order chi connectivity index (χ0) is 17.4. The van der Waals surface area contributed by atoms with E-state index >= 15 is 0 Å². The molecule has 0 bridgehead atoms. The van der Waals surface area contributed by atoms with Crippen molar-refractivity contribution < 1.29 is 13.2 Å². The zero-order valence-corrected chi connectivity index (χ0v) is 16.8. The first-order chi connectivity index (χ1) is 11.5. The van der Waals surface area contributed by atoms with Gasteiger partial charge in [-0.15, -0.1) is 35.3 Å². The predicted molar refractivity (Wildman–Crippen MR) is 105 cm³/mol. The molecule has 9 heteroatoms. The first kappa shape index (κ1) is 21.7. The molecule has 1 heterocycles. The minimum atomic E-state index is -4.40. The normalized spacial score (nSPS) is 11.8. The number of rotatable bonds is 6. The minimum Gasteiger partial charge on any atom is -0.356 e. The highest BCUT2D eigenvalue weighted by molar-refractivity contribution is 14.0. The van der Waals surface area contributed by atoms with Gasteiger partial charge in [-0.25, -0.2) is 4.98 Å². The van der Waals surface area contributed by atoms with Gasteiger partial charge in [-0.3, -0.25) is 4.99 Å². The minimum absolute atomic E-state index is 0. The number of benzene rings is 1. The Balaban J connectivity index is 0.00000312. The van der Waals surface area contributed by atoms with E-state index in [1.807, 2.05) is 18.2 Å². The molecule has 2 rings (SSSR count). The van der Waals surface area contributed by atoms with Crippen LogP contribution in [0.3, 0.4) is 0 Å². The number of nitrogens with one attached hydrogen (secondary N) is 2. The second kappa shape index (κ2) is 10.6. The molecule has 138 valence electrons. The van der Waals surface area contributed by atoms with Crippen molar-refractivity contribution in [2.24, 2.45) is 4.99 Å². The van der Waals surface area contributed by atoms with Crippen LogP contribution in [-0.2, 0) is 19.1 Å². The maximum Gasteiger partial charge on any atom is 0.434 e. The average molecular weight is 484 g/mol. The number of thiazole rings is 1. The van der Waals surface area contributed by atoms with Crippen LogP contribution in [0.25, 0.3) is 0 Å². The van der Waals surface area contributed by atoms with E-state index in [0.29, 0.717) is 11.0 Å². The standard InChI is InChI=1S/C16H19F3N4S.HI/c1-20-15(21-9-5-8-12-6-3-2-4-7-12)22-10-14-23-13(11-24-14)16(17,18)19;/h2-4,6-7,11H,5,8-10H2,1H3,(H2,20,21,22);1H. The maximum absolute atomic E-state index is 12.5. The molecule has 0 radical (unpaired) electrons. The van der Waals surface area contributed by atoms with Gasteiger partial charge < -0.3 is 10.6 Å². The fourth-order valence-corrected chi connectivity index (χ4v) is 2.79. The largest absolute Gasteiger partial charge is 0.434 e. The summed E-state index contributed by atoms with van der Waals surface area (Å²) in [4.78, 5) is 7.62. The van der Waals surface area contributed by atoms with E-state index in [-0.39, 0.29) is 30.5 Å². The lowest BCUT2D eigenvalue weighted by molar-refractivity contribution is -0.140. The number of alkyl halides is 3. The zero-order valence-electron chi connectivity index (χ0n) is 13.6. The van der Waals surface area contributed by atoms with Crippen LogP contribution in [0.4, 0.5) is 13.2 Å². The molecule has 25 heavy (non-hydrogen) atoms. The lowest BCUT2D eigenvalue weighted by Gasteiger charge is -2.10. The van der Waals surface area contributed by atoms with Gasteiger partial charge in [0.15, 0.2) is 11.7 Å². The van der Waals surface area contributed by atoms with Crippen LogP contribution < -0.4 is 10.6 Å². The molecule has 2 aromatic rings. The van der Waals surface area contributed by atoms with Crippen molar-refractivity contribution in [1.29, 1.82) is 0 Å². The van der Waals surface area contributed by atoms with Gasteiger partial charge in [-0.1, -0.05) is 30.3 Å². The summed E-state index contributed by atoms with van der Waals surface area (Å²) < 4.78 is 37.5. The molecule has 0 fully saturated rings. The van der Waals surface area contributed by atoms with Gasteiger partial charge in [0.2, 0.25) is 0 Å². The molecule has 1 aromatic carbocycles. The Labute approximate surface area is 166 Å². The topological polar surface area (TPSA) is 49.3 Å². The molecular formula is C16H20F3IN4S. The smallest absolute Gasteiger partial charge is 0.356 e. The molecule has 0 saturated heterocycles. The van der Waals surface area contributed by atoms with Crippen molar-refractivity contribution >= 4 is 41.3 Å². The SMILES string of the molecule is CN=C(NCCCc1ccccc1)NCc1nc(C(F)(F)F)cs1.I. The fourth-order valence-electron chi connectivity index (χ4n) is 2.05. The monoisotopic (exact) mass is 484 g/mol. The van der Waals surface area contributed by atoms with Gasteiger partial charge in [0.05, 0.1) is 6.54 Å². The molecule has 0 atom stereocenters. The Hall–Kier alpha value is -1.36. The molecule has 0 spiro atoms. The van der Waals surface area contributed by atoms with E-state index in [9.17, 15) is 13.2 Å². The highest BCUT2D eigenvalue weighted by atomic mass is 127. The molecule has 0 aliphatic heterocycles. The molecular weight excluding hydrogens is 464 g/mol. The molecule has 4 nitrogen and oxygen atoms in total. The van der Waals surface area contributed by atoms with Crippen LogP contribution in [0, 0.1) is 0 Å². The fraction of sp³-hybridized carbons (Fsp3) is 0.375. The van der Waals surface area contributed by atoms with E-state index in [0.717, 1.165) is 36.1 Å². The third-order valence-electron chi connectivity index (χ3n) is 3.25. The molecule has 0 saturated carbocycles. The van der Waals surface area contributed by atoms with Gasteiger partial charge in [0.25, 0.3) is 0 Å².